The Labute approximate surface area is 185 Å². The van der Waals surface area contributed by atoms with E-state index in [-0.39, 0.29) is 24.3 Å². The first kappa shape index (κ1) is 21.2. The van der Waals surface area contributed by atoms with Gasteiger partial charge in [-0.2, -0.15) is 16.3 Å². The van der Waals surface area contributed by atoms with E-state index in [1.54, 1.807) is 23.5 Å². The van der Waals surface area contributed by atoms with Gasteiger partial charge in [0.2, 0.25) is 17.6 Å². The first-order chi connectivity index (χ1) is 15.1. The normalized spacial score (nSPS) is 14.4. The summed E-state index contributed by atoms with van der Waals surface area (Å²) < 4.78 is 5.24. The maximum absolute atomic E-state index is 12.5. The predicted molar refractivity (Wildman–Crippen MR) is 120 cm³/mol. The molecule has 0 unspecified atom stereocenters. The maximum atomic E-state index is 12.5. The van der Waals surface area contributed by atoms with Crippen molar-refractivity contribution >= 4 is 28.8 Å². The van der Waals surface area contributed by atoms with Crippen LogP contribution in [0.3, 0.4) is 0 Å². The summed E-state index contributed by atoms with van der Waals surface area (Å²) in [7, 11) is 0. The Bertz CT molecular complexity index is 1040. The molecule has 2 amide bonds. The standard InChI is InChI=1S/C23H26N4O3S/c1-15-13-16(23(29)24-18-5-3-2-4-6-18)7-8-19(15)25-20(28)9-10-21-26-22(27-30-21)17-11-12-31-14-17/h7-8,11-14,18H,2-6,9-10H2,1H3,(H,24,29)(H,25,28). The second kappa shape index (κ2) is 9.87. The number of nitrogens with zero attached hydrogens (tertiary/aromatic N) is 2. The van der Waals surface area contributed by atoms with E-state index in [2.05, 4.69) is 20.8 Å². The molecule has 2 N–H and O–H groups in total. The van der Waals surface area contributed by atoms with E-state index in [4.69, 9.17) is 4.52 Å². The van der Waals surface area contributed by atoms with Crippen molar-refractivity contribution in [1.82, 2.24) is 15.5 Å². The van der Waals surface area contributed by atoms with Crippen molar-refractivity contribution in [3.63, 3.8) is 0 Å². The molecule has 1 fully saturated rings. The number of hydrogen-bond donors (Lipinski definition) is 2. The topological polar surface area (TPSA) is 97.1 Å². The van der Waals surface area contributed by atoms with Gasteiger partial charge in [0, 0.05) is 41.1 Å². The molecule has 1 aromatic carbocycles. The molecule has 2 heterocycles. The summed E-state index contributed by atoms with van der Waals surface area (Å²) in [5, 5.41) is 13.9. The van der Waals surface area contributed by atoms with Gasteiger partial charge in [-0.05, 0) is 55.0 Å². The summed E-state index contributed by atoms with van der Waals surface area (Å²) in [4.78, 5) is 29.2. The van der Waals surface area contributed by atoms with Crippen molar-refractivity contribution in [2.24, 2.45) is 0 Å². The van der Waals surface area contributed by atoms with E-state index in [1.807, 2.05) is 29.8 Å². The van der Waals surface area contributed by atoms with Gasteiger partial charge in [0.15, 0.2) is 0 Å². The minimum absolute atomic E-state index is 0.0503. The molecule has 1 aliphatic carbocycles. The predicted octanol–water partition coefficient (Wildman–Crippen LogP) is 4.74. The molecule has 162 valence electrons. The molecule has 0 spiro atoms. The first-order valence-electron chi connectivity index (χ1n) is 10.6. The van der Waals surface area contributed by atoms with Gasteiger partial charge in [0.05, 0.1) is 0 Å². The van der Waals surface area contributed by atoms with Crippen LogP contribution in [0.15, 0.2) is 39.5 Å². The van der Waals surface area contributed by atoms with E-state index in [0.717, 1.165) is 24.0 Å². The van der Waals surface area contributed by atoms with Crippen molar-refractivity contribution in [2.75, 3.05) is 5.32 Å². The third kappa shape index (κ3) is 5.58. The maximum Gasteiger partial charge on any atom is 0.251 e. The Morgan fingerprint density at radius 2 is 2.03 bits per heavy atom. The monoisotopic (exact) mass is 438 g/mol. The van der Waals surface area contributed by atoms with Crippen molar-refractivity contribution in [2.45, 2.75) is 57.9 Å². The van der Waals surface area contributed by atoms with E-state index in [1.165, 1.54) is 19.3 Å². The summed E-state index contributed by atoms with van der Waals surface area (Å²) >= 11 is 1.56. The van der Waals surface area contributed by atoms with Crippen LogP contribution in [0.5, 0.6) is 0 Å². The molecule has 4 rings (SSSR count). The van der Waals surface area contributed by atoms with Crippen molar-refractivity contribution in [3.8, 4) is 11.4 Å². The second-order valence-electron chi connectivity index (χ2n) is 7.91. The molecule has 0 aliphatic heterocycles. The van der Waals surface area contributed by atoms with E-state index >= 15 is 0 Å². The Kier molecular flexibility index (Phi) is 6.76. The van der Waals surface area contributed by atoms with Crippen LogP contribution in [0.1, 0.15) is 60.3 Å². The molecule has 0 atom stereocenters. The summed E-state index contributed by atoms with van der Waals surface area (Å²) in [5.74, 6) is 0.779. The van der Waals surface area contributed by atoms with Crippen molar-refractivity contribution < 1.29 is 14.1 Å². The summed E-state index contributed by atoms with van der Waals surface area (Å²) in [6.07, 6.45) is 6.30. The molecule has 31 heavy (non-hydrogen) atoms. The van der Waals surface area contributed by atoms with Gasteiger partial charge in [-0.3, -0.25) is 9.59 Å². The molecule has 7 nitrogen and oxygen atoms in total. The van der Waals surface area contributed by atoms with Gasteiger partial charge in [-0.15, -0.1) is 0 Å². The zero-order valence-corrected chi connectivity index (χ0v) is 18.3. The largest absolute Gasteiger partial charge is 0.349 e. The SMILES string of the molecule is Cc1cc(C(=O)NC2CCCCC2)ccc1NC(=O)CCc1nc(-c2ccsc2)no1. The highest BCUT2D eigenvalue weighted by atomic mass is 32.1. The number of anilines is 1. The van der Waals surface area contributed by atoms with Gasteiger partial charge in [-0.25, -0.2) is 0 Å². The van der Waals surface area contributed by atoms with Crippen LogP contribution in [0.2, 0.25) is 0 Å². The molecule has 8 heteroatoms. The third-order valence-corrected chi connectivity index (χ3v) is 6.20. The number of rotatable bonds is 7. The van der Waals surface area contributed by atoms with Gasteiger partial charge in [0.25, 0.3) is 5.91 Å². The fourth-order valence-electron chi connectivity index (χ4n) is 3.76. The molecule has 0 radical (unpaired) electrons. The van der Waals surface area contributed by atoms with Crippen LogP contribution in [0.4, 0.5) is 5.69 Å². The highest BCUT2D eigenvalue weighted by molar-refractivity contribution is 7.08. The van der Waals surface area contributed by atoms with E-state index < -0.39 is 0 Å². The van der Waals surface area contributed by atoms with Crippen LogP contribution in [-0.2, 0) is 11.2 Å². The second-order valence-corrected chi connectivity index (χ2v) is 8.69. The lowest BCUT2D eigenvalue weighted by Crippen LogP contribution is -2.36. The van der Waals surface area contributed by atoms with Crippen LogP contribution in [-0.4, -0.2) is 28.0 Å². The molecule has 2 aromatic heterocycles. The number of hydrogen-bond acceptors (Lipinski definition) is 6. The highest BCUT2D eigenvalue weighted by Crippen LogP contribution is 2.21. The first-order valence-corrected chi connectivity index (χ1v) is 11.6. The Hall–Kier alpha value is -3.00. The molecule has 1 saturated carbocycles. The number of carbonyl (C=O) groups is 2. The zero-order valence-electron chi connectivity index (χ0n) is 17.5. The van der Waals surface area contributed by atoms with Crippen LogP contribution in [0, 0.1) is 6.92 Å². The van der Waals surface area contributed by atoms with Crippen molar-refractivity contribution in [1.29, 1.82) is 0 Å². The number of aryl methyl sites for hydroxylation is 2. The fourth-order valence-corrected chi connectivity index (χ4v) is 4.39. The summed E-state index contributed by atoms with van der Waals surface area (Å²) in [6, 6.07) is 7.55. The Balaban J connectivity index is 1.29. The summed E-state index contributed by atoms with van der Waals surface area (Å²) in [5.41, 5.74) is 3.08. The number of carbonyl (C=O) groups excluding carboxylic acids is 2. The average Bonchev–Trinajstić information content (AvgIpc) is 3.46. The number of benzene rings is 1. The smallest absolute Gasteiger partial charge is 0.251 e. The van der Waals surface area contributed by atoms with Crippen LogP contribution < -0.4 is 10.6 Å². The van der Waals surface area contributed by atoms with Gasteiger partial charge in [0.1, 0.15) is 0 Å². The highest BCUT2D eigenvalue weighted by Gasteiger charge is 2.17. The Morgan fingerprint density at radius 1 is 1.19 bits per heavy atom. The van der Waals surface area contributed by atoms with E-state index in [0.29, 0.717) is 29.4 Å². The number of thiophene rings is 1. The lowest BCUT2D eigenvalue weighted by Gasteiger charge is -2.23. The van der Waals surface area contributed by atoms with Crippen LogP contribution in [0.25, 0.3) is 11.4 Å². The van der Waals surface area contributed by atoms with Crippen LogP contribution >= 0.6 is 11.3 Å². The lowest BCUT2D eigenvalue weighted by atomic mass is 9.95. The zero-order chi connectivity index (χ0) is 21.6. The fraction of sp³-hybridized carbons (Fsp3) is 0.391. The lowest BCUT2D eigenvalue weighted by molar-refractivity contribution is -0.116. The number of amides is 2. The minimum Gasteiger partial charge on any atom is -0.349 e. The average molecular weight is 439 g/mol. The quantitative estimate of drug-likeness (QED) is 0.555. The minimum atomic E-state index is -0.141. The van der Waals surface area contributed by atoms with Gasteiger partial charge in [-0.1, -0.05) is 24.4 Å². The summed E-state index contributed by atoms with van der Waals surface area (Å²) in [6.45, 7) is 1.89. The molecular weight excluding hydrogens is 412 g/mol. The molecule has 3 aromatic rings. The molecule has 0 saturated heterocycles. The van der Waals surface area contributed by atoms with Gasteiger partial charge >= 0.3 is 0 Å². The molecular formula is C23H26N4O3S. The Morgan fingerprint density at radius 3 is 2.77 bits per heavy atom. The third-order valence-electron chi connectivity index (χ3n) is 5.52. The van der Waals surface area contributed by atoms with E-state index in [9.17, 15) is 9.59 Å². The van der Waals surface area contributed by atoms with Gasteiger partial charge < -0.3 is 15.2 Å². The molecule has 1 aliphatic rings. The number of nitrogens with one attached hydrogen (secondary N) is 2. The van der Waals surface area contributed by atoms with Crippen molar-refractivity contribution in [3.05, 3.63) is 52.0 Å². The number of aromatic nitrogens is 2. The molecule has 0 bridgehead atoms.